The summed E-state index contributed by atoms with van der Waals surface area (Å²) in [4.78, 5) is 34.3. The first kappa shape index (κ1) is 26.9. The minimum atomic E-state index is -1.51. The van der Waals surface area contributed by atoms with E-state index in [2.05, 4.69) is 22.2 Å². The van der Waals surface area contributed by atoms with Crippen molar-refractivity contribution in [1.29, 1.82) is 0 Å². The van der Waals surface area contributed by atoms with Crippen LogP contribution in [-0.2, 0) is 10.4 Å². The van der Waals surface area contributed by atoms with Crippen molar-refractivity contribution in [2.75, 3.05) is 64.7 Å². The number of carbonyl (C=O) groups excluding carboxylic acids is 2. The lowest BCUT2D eigenvalue weighted by Crippen LogP contribution is -2.61. The molecule has 2 amide bonds. The highest BCUT2D eigenvalue weighted by Crippen LogP contribution is 2.29. The van der Waals surface area contributed by atoms with Crippen molar-refractivity contribution in [3.8, 4) is 0 Å². The number of anilines is 1. The second kappa shape index (κ2) is 11.2. The highest BCUT2D eigenvalue weighted by atomic mass is 35.5. The molecule has 3 saturated heterocycles. The van der Waals surface area contributed by atoms with E-state index in [9.17, 15) is 14.7 Å². The van der Waals surface area contributed by atoms with Crippen LogP contribution in [0.25, 0.3) is 0 Å². The first-order chi connectivity index (χ1) is 18.2. The van der Waals surface area contributed by atoms with Crippen molar-refractivity contribution in [1.82, 2.24) is 19.6 Å². The van der Waals surface area contributed by atoms with Crippen LogP contribution in [0.2, 0.25) is 5.02 Å². The van der Waals surface area contributed by atoms with Gasteiger partial charge in [0.15, 0.2) is 5.60 Å². The van der Waals surface area contributed by atoms with Crippen LogP contribution in [0.15, 0.2) is 48.5 Å². The molecule has 1 atom stereocenters. The number of rotatable bonds is 6. The SMILES string of the molecule is CN1CCN(C(=O)c2ccc(NC3CN(C4CCN(C(=O)C(C)(O)c5ccccc5)CC4)C3)cc2Cl)CC1. The lowest BCUT2D eigenvalue weighted by Gasteiger charge is -2.48. The molecule has 0 radical (unpaired) electrons. The second-order valence-corrected chi connectivity index (χ2v) is 11.5. The van der Waals surface area contributed by atoms with Gasteiger partial charge in [-0.15, -0.1) is 0 Å². The molecule has 0 aromatic heterocycles. The van der Waals surface area contributed by atoms with Crippen LogP contribution in [0.3, 0.4) is 0 Å². The van der Waals surface area contributed by atoms with Gasteiger partial charge < -0.3 is 25.1 Å². The maximum absolute atomic E-state index is 13.0. The summed E-state index contributed by atoms with van der Waals surface area (Å²) in [7, 11) is 2.07. The Hall–Kier alpha value is -2.65. The lowest BCUT2D eigenvalue weighted by atomic mass is 9.92. The van der Waals surface area contributed by atoms with E-state index in [1.54, 1.807) is 24.0 Å². The minimum absolute atomic E-state index is 0.000394. The molecule has 3 aliphatic heterocycles. The highest BCUT2D eigenvalue weighted by molar-refractivity contribution is 6.34. The molecule has 2 aromatic rings. The number of benzene rings is 2. The molecule has 0 aliphatic carbocycles. The van der Waals surface area contributed by atoms with Crippen molar-refractivity contribution in [2.45, 2.75) is 37.5 Å². The maximum atomic E-state index is 13.0. The predicted molar refractivity (Wildman–Crippen MR) is 149 cm³/mol. The van der Waals surface area contributed by atoms with Gasteiger partial charge in [0, 0.05) is 64.1 Å². The highest BCUT2D eigenvalue weighted by Gasteiger charge is 2.40. The summed E-state index contributed by atoms with van der Waals surface area (Å²) in [6.45, 7) is 7.96. The van der Waals surface area contributed by atoms with Gasteiger partial charge in [-0.2, -0.15) is 0 Å². The molecule has 9 heteroatoms. The maximum Gasteiger partial charge on any atom is 0.258 e. The minimum Gasteiger partial charge on any atom is -0.380 e. The lowest BCUT2D eigenvalue weighted by molar-refractivity contribution is -0.152. The molecule has 2 aromatic carbocycles. The molecule has 3 aliphatic rings. The molecule has 3 fully saturated rings. The average Bonchev–Trinajstić information content (AvgIpc) is 2.91. The molecule has 0 bridgehead atoms. The van der Waals surface area contributed by atoms with E-state index >= 15 is 0 Å². The predicted octanol–water partition coefficient (Wildman–Crippen LogP) is 2.72. The summed E-state index contributed by atoms with van der Waals surface area (Å²) in [5.41, 5.74) is 0.606. The molecule has 2 N–H and O–H groups in total. The number of hydrogen-bond acceptors (Lipinski definition) is 6. The number of nitrogens with zero attached hydrogens (tertiary/aromatic N) is 4. The van der Waals surface area contributed by atoms with Crippen LogP contribution in [0.4, 0.5) is 5.69 Å². The van der Waals surface area contributed by atoms with E-state index in [4.69, 9.17) is 11.6 Å². The summed E-state index contributed by atoms with van der Waals surface area (Å²) in [6, 6.07) is 15.5. The Balaban J connectivity index is 1.08. The van der Waals surface area contributed by atoms with E-state index in [0.29, 0.717) is 41.3 Å². The number of hydrogen-bond donors (Lipinski definition) is 2. The van der Waals surface area contributed by atoms with Gasteiger partial charge in [-0.3, -0.25) is 14.5 Å². The first-order valence-corrected chi connectivity index (χ1v) is 14.0. The fourth-order valence-corrected chi connectivity index (χ4v) is 5.99. The number of carbonyl (C=O) groups is 2. The first-order valence-electron chi connectivity index (χ1n) is 13.6. The Morgan fingerprint density at radius 3 is 2.24 bits per heavy atom. The van der Waals surface area contributed by atoms with Crippen molar-refractivity contribution < 1.29 is 14.7 Å². The summed E-state index contributed by atoms with van der Waals surface area (Å²) in [5.74, 6) is -0.226. The number of likely N-dealkylation sites (N-methyl/N-ethyl adjacent to an activating group) is 1. The van der Waals surface area contributed by atoms with Crippen LogP contribution in [0, 0.1) is 0 Å². The zero-order chi connectivity index (χ0) is 26.9. The van der Waals surface area contributed by atoms with Crippen LogP contribution < -0.4 is 5.32 Å². The standard InChI is InChI=1S/C29H38ClN5O3/c1-29(38,21-6-4-3-5-7-21)28(37)34-12-10-24(11-13-34)35-19-23(20-35)31-22-8-9-25(26(30)18-22)27(36)33-16-14-32(2)15-17-33/h3-9,18,23-24,31,38H,10-17,19-20H2,1-2H3. The molecule has 3 heterocycles. The van der Waals surface area contributed by atoms with Gasteiger partial charge in [0.1, 0.15) is 0 Å². The van der Waals surface area contributed by atoms with Gasteiger partial charge in [-0.1, -0.05) is 41.9 Å². The number of amides is 2. The summed E-state index contributed by atoms with van der Waals surface area (Å²) in [6.07, 6.45) is 1.80. The molecule has 38 heavy (non-hydrogen) atoms. The van der Waals surface area contributed by atoms with Gasteiger partial charge in [-0.25, -0.2) is 0 Å². The van der Waals surface area contributed by atoms with Crippen molar-refractivity contribution in [2.24, 2.45) is 0 Å². The summed E-state index contributed by atoms with van der Waals surface area (Å²) in [5, 5.41) is 14.9. The third-order valence-electron chi connectivity index (χ3n) is 8.29. The molecule has 1 unspecified atom stereocenters. The van der Waals surface area contributed by atoms with E-state index in [0.717, 1.165) is 57.8 Å². The Bertz CT molecular complexity index is 1140. The smallest absolute Gasteiger partial charge is 0.258 e. The largest absolute Gasteiger partial charge is 0.380 e. The topological polar surface area (TPSA) is 79.4 Å². The van der Waals surface area contributed by atoms with Gasteiger partial charge >= 0.3 is 0 Å². The monoisotopic (exact) mass is 539 g/mol. The van der Waals surface area contributed by atoms with Crippen molar-refractivity contribution in [3.05, 3.63) is 64.7 Å². The van der Waals surface area contributed by atoms with E-state index in [1.165, 1.54) is 0 Å². The van der Waals surface area contributed by atoms with Crippen LogP contribution in [-0.4, -0.2) is 108 Å². The number of piperidine rings is 1. The number of nitrogens with one attached hydrogen (secondary N) is 1. The van der Waals surface area contributed by atoms with Crippen molar-refractivity contribution >= 4 is 29.1 Å². The summed E-state index contributed by atoms with van der Waals surface area (Å²) < 4.78 is 0. The fourth-order valence-electron chi connectivity index (χ4n) is 5.72. The van der Waals surface area contributed by atoms with Gasteiger partial charge in [0.2, 0.25) is 0 Å². The van der Waals surface area contributed by atoms with Gasteiger partial charge in [0.05, 0.1) is 16.6 Å². The molecule has 5 rings (SSSR count). The molecule has 8 nitrogen and oxygen atoms in total. The quantitative estimate of drug-likeness (QED) is 0.588. The average molecular weight is 540 g/mol. The Kier molecular flexibility index (Phi) is 7.95. The zero-order valence-corrected chi connectivity index (χ0v) is 23.0. The van der Waals surface area contributed by atoms with Crippen LogP contribution in [0.1, 0.15) is 35.7 Å². The van der Waals surface area contributed by atoms with Crippen LogP contribution in [0.5, 0.6) is 0 Å². The summed E-state index contributed by atoms with van der Waals surface area (Å²) >= 11 is 6.52. The molecular formula is C29H38ClN5O3. The fraction of sp³-hybridized carbons (Fsp3) is 0.517. The normalized spacial score (nSPS) is 21.6. The van der Waals surface area contributed by atoms with E-state index in [-0.39, 0.29) is 11.8 Å². The van der Waals surface area contributed by atoms with E-state index in [1.807, 2.05) is 41.3 Å². The third kappa shape index (κ3) is 5.69. The van der Waals surface area contributed by atoms with Crippen LogP contribution >= 0.6 is 11.6 Å². The van der Waals surface area contributed by atoms with E-state index < -0.39 is 5.60 Å². The molecule has 204 valence electrons. The Morgan fingerprint density at radius 2 is 1.61 bits per heavy atom. The second-order valence-electron chi connectivity index (χ2n) is 11.0. The number of halogens is 1. The number of likely N-dealkylation sites (tertiary alicyclic amines) is 2. The molecule has 0 spiro atoms. The molecule has 0 saturated carbocycles. The zero-order valence-electron chi connectivity index (χ0n) is 22.3. The number of piperazine rings is 1. The number of aliphatic hydroxyl groups is 1. The van der Waals surface area contributed by atoms with Gasteiger partial charge in [0.25, 0.3) is 11.8 Å². The van der Waals surface area contributed by atoms with Crippen molar-refractivity contribution in [3.63, 3.8) is 0 Å². The van der Waals surface area contributed by atoms with Gasteiger partial charge in [-0.05, 0) is 50.6 Å². The Morgan fingerprint density at radius 1 is 0.947 bits per heavy atom. The third-order valence-corrected chi connectivity index (χ3v) is 8.60. The Labute approximate surface area is 230 Å². The molecular weight excluding hydrogens is 502 g/mol.